The second kappa shape index (κ2) is 5.01. The number of amides is 1. The summed E-state index contributed by atoms with van der Waals surface area (Å²) in [4.78, 5) is 25.2. The number of carbonyl (C=O) groups is 2. The monoisotopic (exact) mass is 262 g/mol. The van der Waals surface area contributed by atoms with Crippen LogP contribution in [-0.2, 0) is 0 Å². The van der Waals surface area contributed by atoms with Crippen molar-refractivity contribution in [3.8, 4) is 0 Å². The van der Waals surface area contributed by atoms with Gasteiger partial charge < -0.3 is 15.3 Å². The predicted octanol–water partition coefficient (Wildman–Crippen LogP) is 1.21. The molecule has 0 unspecified atom stereocenters. The molecule has 1 heterocycles. The third-order valence-electron chi connectivity index (χ3n) is 3.40. The van der Waals surface area contributed by atoms with Gasteiger partial charge in [0.2, 0.25) is 0 Å². The molecule has 0 aromatic heterocycles. The van der Waals surface area contributed by atoms with Gasteiger partial charge in [0.25, 0.3) is 5.91 Å². The van der Waals surface area contributed by atoms with Gasteiger partial charge in [0.15, 0.2) is 0 Å². The van der Waals surface area contributed by atoms with Gasteiger partial charge in [0, 0.05) is 25.2 Å². The van der Waals surface area contributed by atoms with Crippen LogP contribution in [-0.4, -0.2) is 47.1 Å². The van der Waals surface area contributed by atoms with E-state index in [0.29, 0.717) is 12.1 Å². The predicted molar refractivity (Wildman–Crippen MR) is 71.4 cm³/mol. The van der Waals surface area contributed by atoms with E-state index in [2.05, 4.69) is 5.32 Å². The molecule has 2 N–H and O–H groups in total. The van der Waals surface area contributed by atoms with E-state index < -0.39 is 5.97 Å². The largest absolute Gasteiger partial charge is 0.478 e. The van der Waals surface area contributed by atoms with Gasteiger partial charge in [-0.05, 0) is 32.0 Å². The zero-order valence-corrected chi connectivity index (χ0v) is 11.1. The number of carboxylic acid groups (broad SMARTS) is 1. The van der Waals surface area contributed by atoms with Crippen molar-refractivity contribution in [3.05, 3.63) is 35.4 Å². The third-order valence-corrected chi connectivity index (χ3v) is 3.40. The smallest absolute Gasteiger partial charge is 0.335 e. The first-order valence-electron chi connectivity index (χ1n) is 6.28. The highest BCUT2D eigenvalue weighted by Gasteiger charge is 2.33. The number of rotatable bonds is 2. The lowest BCUT2D eigenvalue weighted by molar-refractivity contribution is 0.0477. The Morgan fingerprint density at radius 2 is 2.00 bits per heavy atom. The molecule has 0 radical (unpaired) electrons. The van der Waals surface area contributed by atoms with Crippen LogP contribution in [0.5, 0.6) is 0 Å². The SMILES string of the molecule is CC1(C)CNCCN1C(=O)c1cccc(C(=O)O)c1. The number of carboxylic acids is 1. The Morgan fingerprint density at radius 1 is 1.32 bits per heavy atom. The lowest BCUT2D eigenvalue weighted by Crippen LogP contribution is -2.59. The van der Waals surface area contributed by atoms with Gasteiger partial charge in [0.1, 0.15) is 0 Å². The van der Waals surface area contributed by atoms with Crippen molar-refractivity contribution >= 4 is 11.9 Å². The van der Waals surface area contributed by atoms with Crippen molar-refractivity contribution in [2.75, 3.05) is 19.6 Å². The summed E-state index contributed by atoms with van der Waals surface area (Å²) in [6, 6.07) is 6.18. The average molecular weight is 262 g/mol. The molecule has 1 aliphatic heterocycles. The Hall–Kier alpha value is -1.88. The van der Waals surface area contributed by atoms with Gasteiger partial charge >= 0.3 is 5.97 Å². The van der Waals surface area contributed by atoms with Gasteiger partial charge in [-0.1, -0.05) is 6.07 Å². The molecule has 1 amide bonds. The van der Waals surface area contributed by atoms with Gasteiger partial charge in [-0.3, -0.25) is 4.79 Å². The van der Waals surface area contributed by atoms with E-state index >= 15 is 0 Å². The molecule has 1 aromatic carbocycles. The van der Waals surface area contributed by atoms with E-state index in [9.17, 15) is 9.59 Å². The fourth-order valence-electron chi connectivity index (χ4n) is 2.30. The number of piperazine rings is 1. The summed E-state index contributed by atoms with van der Waals surface area (Å²) in [5.74, 6) is -1.14. The highest BCUT2D eigenvalue weighted by molar-refractivity contribution is 5.97. The molecule has 0 bridgehead atoms. The van der Waals surface area contributed by atoms with Gasteiger partial charge in [0.05, 0.1) is 11.1 Å². The summed E-state index contributed by atoms with van der Waals surface area (Å²) in [6.07, 6.45) is 0. The number of nitrogens with zero attached hydrogens (tertiary/aromatic N) is 1. The highest BCUT2D eigenvalue weighted by Crippen LogP contribution is 2.20. The second-order valence-electron chi connectivity index (χ2n) is 5.33. The summed E-state index contributed by atoms with van der Waals surface area (Å²) in [7, 11) is 0. The number of benzene rings is 1. The van der Waals surface area contributed by atoms with Crippen LogP contribution < -0.4 is 5.32 Å². The topological polar surface area (TPSA) is 69.6 Å². The van der Waals surface area contributed by atoms with Crippen molar-refractivity contribution in [2.45, 2.75) is 19.4 Å². The van der Waals surface area contributed by atoms with Crippen LogP contribution in [0.3, 0.4) is 0 Å². The normalized spacial score (nSPS) is 18.1. The van der Waals surface area contributed by atoms with Crippen molar-refractivity contribution in [3.63, 3.8) is 0 Å². The zero-order chi connectivity index (χ0) is 14.0. The molecule has 5 nitrogen and oxygen atoms in total. The van der Waals surface area contributed by atoms with Crippen LogP contribution in [0.2, 0.25) is 0 Å². The Morgan fingerprint density at radius 3 is 2.63 bits per heavy atom. The number of hydrogen-bond acceptors (Lipinski definition) is 3. The molecular formula is C14H18N2O3. The van der Waals surface area contributed by atoms with Crippen LogP contribution in [0.1, 0.15) is 34.6 Å². The van der Waals surface area contributed by atoms with Crippen molar-refractivity contribution in [1.29, 1.82) is 0 Å². The fraction of sp³-hybridized carbons (Fsp3) is 0.429. The maximum Gasteiger partial charge on any atom is 0.335 e. The fourth-order valence-corrected chi connectivity index (χ4v) is 2.30. The van der Waals surface area contributed by atoms with Crippen LogP contribution in [0.25, 0.3) is 0 Å². The van der Waals surface area contributed by atoms with E-state index in [1.807, 2.05) is 13.8 Å². The summed E-state index contributed by atoms with van der Waals surface area (Å²) in [5.41, 5.74) is 0.294. The summed E-state index contributed by atoms with van der Waals surface area (Å²) < 4.78 is 0. The third kappa shape index (κ3) is 2.76. The van der Waals surface area contributed by atoms with Crippen LogP contribution in [0, 0.1) is 0 Å². The van der Waals surface area contributed by atoms with Crippen molar-refractivity contribution < 1.29 is 14.7 Å². The Labute approximate surface area is 112 Å². The first-order chi connectivity index (χ1) is 8.92. The van der Waals surface area contributed by atoms with Crippen LogP contribution in [0.4, 0.5) is 0 Å². The highest BCUT2D eigenvalue weighted by atomic mass is 16.4. The molecule has 0 atom stereocenters. The summed E-state index contributed by atoms with van der Waals surface area (Å²) >= 11 is 0. The summed E-state index contributed by atoms with van der Waals surface area (Å²) in [6.45, 7) is 6.12. The maximum atomic E-state index is 12.5. The molecule has 0 saturated carbocycles. The molecule has 1 aromatic rings. The quantitative estimate of drug-likeness (QED) is 0.840. The molecule has 0 aliphatic carbocycles. The van der Waals surface area contributed by atoms with Crippen LogP contribution >= 0.6 is 0 Å². The Kier molecular flexibility index (Phi) is 3.57. The molecule has 102 valence electrons. The molecular weight excluding hydrogens is 244 g/mol. The minimum atomic E-state index is -1.02. The minimum Gasteiger partial charge on any atom is -0.478 e. The van der Waals surface area contributed by atoms with Crippen molar-refractivity contribution in [1.82, 2.24) is 10.2 Å². The van der Waals surface area contributed by atoms with Crippen LogP contribution in [0.15, 0.2) is 24.3 Å². The number of nitrogens with one attached hydrogen (secondary N) is 1. The molecule has 1 aliphatic rings. The Bertz CT molecular complexity index is 511. The van der Waals surface area contributed by atoms with Gasteiger partial charge in [-0.2, -0.15) is 0 Å². The average Bonchev–Trinajstić information content (AvgIpc) is 2.37. The van der Waals surface area contributed by atoms with E-state index in [1.54, 1.807) is 17.0 Å². The van der Waals surface area contributed by atoms with E-state index in [1.165, 1.54) is 12.1 Å². The van der Waals surface area contributed by atoms with Crippen molar-refractivity contribution in [2.24, 2.45) is 0 Å². The molecule has 0 spiro atoms. The molecule has 2 rings (SSSR count). The molecule has 1 saturated heterocycles. The molecule has 5 heteroatoms. The lowest BCUT2D eigenvalue weighted by atomic mass is 9.98. The lowest BCUT2D eigenvalue weighted by Gasteiger charge is -2.42. The molecule has 1 fully saturated rings. The first kappa shape index (κ1) is 13.5. The number of aromatic carboxylic acids is 1. The minimum absolute atomic E-state index is 0.116. The van der Waals surface area contributed by atoms with E-state index in [0.717, 1.165) is 13.1 Å². The van der Waals surface area contributed by atoms with Gasteiger partial charge in [-0.25, -0.2) is 4.79 Å². The second-order valence-corrected chi connectivity index (χ2v) is 5.33. The van der Waals surface area contributed by atoms with Gasteiger partial charge in [-0.15, -0.1) is 0 Å². The number of hydrogen-bond donors (Lipinski definition) is 2. The zero-order valence-electron chi connectivity index (χ0n) is 11.1. The standard InChI is InChI=1S/C14H18N2O3/c1-14(2)9-15-6-7-16(14)12(17)10-4-3-5-11(8-10)13(18)19/h3-5,8,15H,6-7,9H2,1-2H3,(H,18,19). The maximum absolute atomic E-state index is 12.5. The summed E-state index contributed by atoms with van der Waals surface area (Å²) in [5, 5.41) is 12.2. The Balaban J connectivity index is 2.28. The molecule has 19 heavy (non-hydrogen) atoms. The first-order valence-corrected chi connectivity index (χ1v) is 6.28. The number of carbonyl (C=O) groups excluding carboxylic acids is 1. The van der Waals surface area contributed by atoms with E-state index in [4.69, 9.17) is 5.11 Å². The van der Waals surface area contributed by atoms with E-state index in [-0.39, 0.29) is 17.0 Å².